The number of fused-ring (bicyclic) bond motifs is 6. The van der Waals surface area contributed by atoms with Crippen molar-refractivity contribution in [3.63, 3.8) is 0 Å². The molecule has 3 heteroatoms. The first-order valence-corrected chi connectivity index (χ1v) is 22.0. The zero-order chi connectivity index (χ0) is 42.8. The van der Waals surface area contributed by atoms with E-state index in [2.05, 4.69) is 202 Å². The molecule has 9 aromatic carbocycles. The molecule has 0 radical (unpaired) electrons. The molecule has 0 unspecified atom stereocenters. The standard InChI is InChI=1S/C61H42N2O/c1-61(2)54-25-11-9-23-50(54)52-36-44(27-29-55(52)61)42-20-14-22-46(32-42)56-38-57(63-60(62-56)40-17-7-4-8-18-40)49-34-47(43-21-13-19-41(31-43)39-15-5-3-6-16-39)33-48(35-49)45-28-30-59-53(37-45)51-24-10-12-26-58(51)64-59/h3-38H,1-2H3. The van der Waals surface area contributed by atoms with Crippen molar-refractivity contribution in [3.8, 4) is 89.5 Å². The van der Waals surface area contributed by atoms with Gasteiger partial charge in [-0.2, -0.15) is 0 Å². The van der Waals surface area contributed by atoms with Crippen molar-refractivity contribution in [2.45, 2.75) is 19.3 Å². The number of rotatable bonds is 7. The molecule has 11 aromatic rings. The van der Waals surface area contributed by atoms with Crippen molar-refractivity contribution in [1.82, 2.24) is 9.97 Å². The summed E-state index contributed by atoms with van der Waals surface area (Å²) in [6, 6.07) is 78.1. The zero-order valence-electron chi connectivity index (χ0n) is 35.6. The summed E-state index contributed by atoms with van der Waals surface area (Å²) in [5, 5.41) is 2.20. The van der Waals surface area contributed by atoms with Crippen LogP contribution in [-0.4, -0.2) is 9.97 Å². The summed E-state index contributed by atoms with van der Waals surface area (Å²) in [5.41, 5.74) is 20.9. The number of hydrogen-bond acceptors (Lipinski definition) is 3. The maximum atomic E-state index is 6.26. The molecule has 0 saturated heterocycles. The molecule has 2 heterocycles. The Labute approximate surface area is 373 Å². The third-order valence-electron chi connectivity index (χ3n) is 13.1. The Morgan fingerprint density at radius 2 is 0.812 bits per heavy atom. The number of aromatic nitrogens is 2. The SMILES string of the molecule is CC1(C)c2ccccc2-c2cc(-c3cccc(-c4cc(-c5cc(-c6cccc(-c7ccccc7)c6)cc(-c6ccc7oc8ccccc8c7c6)c5)nc(-c5ccccc5)n4)c3)ccc21. The number of hydrogen-bond donors (Lipinski definition) is 0. The molecule has 0 aliphatic heterocycles. The fraction of sp³-hybridized carbons (Fsp3) is 0.0492. The van der Waals surface area contributed by atoms with E-state index in [1.54, 1.807) is 0 Å². The Hall–Kier alpha value is -8.14. The van der Waals surface area contributed by atoms with E-state index in [1.807, 2.05) is 30.3 Å². The molecule has 64 heavy (non-hydrogen) atoms. The molecule has 0 bridgehead atoms. The predicted molar refractivity (Wildman–Crippen MR) is 265 cm³/mol. The van der Waals surface area contributed by atoms with Crippen molar-refractivity contribution >= 4 is 21.9 Å². The van der Waals surface area contributed by atoms with Crippen molar-refractivity contribution in [2.24, 2.45) is 0 Å². The molecule has 302 valence electrons. The zero-order valence-corrected chi connectivity index (χ0v) is 35.6. The summed E-state index contributed by atoms with van der Waals surface area (Å²) in [7, 11) is 0. The summed E-state index contributed by atoms with van der Waals surface area (Å²) >= 11 is 0. The number of nitrogens with zero attached hydrogens (tertiary/aromatic N) is 2. The first-order valence-electron chi connectivity index (χ1n) is 22.0. The van der Waals surface area contributed by atoms with Crippen LogP contribution in [0, 0.1) is 0 Å². The first kappa shape index (κ1) is 37.6. The molecule has 1 aliphatic rings. The largest absolute Gasteiger partial charge is 0.456 e. The minimum absolute atomic E-state index is 0.0419. The van der Waals surface area contributed by atoms with E-state index in [9.17, 15) is 0 Å². The van der Waals surface area contributed by atoms with Crippen LogP contribution in [0.1, 0.15) is 25.0 Å². The highest BCUT2D eigenvalue weighted by molar-refractivity contribution is 6.06. The minimum atomic E-state index is -0.0419. The summed E-state index contributed by atoms with van der Waals surface area (Å²) in [6.45, 7) is 4.66. The normalized spacial score (nSPS) is 12.7. The third-order valence-corrected chi connectivity index (χ3v) is 13.1. The van der Waals surface area contributed by atoms with Gasteiger partial charge in [-0.25, -0.2) is 9.97 Å². The second-order valence-electron chi connectivity index (χ2n) is 17.4. The summed E-state index contributed by atoms with van der Waals surface area (Å²) in [5.74, 6) is 0.680. The molecule has 12 rings (SSSR count). The van der Waals surface area contributed by atoms with Crippen LogP contribution in [0.25, 0.3) is 111 Å². The smallest absolute Gasteiger partial charge is 0.160 e. The van der Waals surface area contributed by atoms with Gasteiger partial charge in [-0.05, 0) is 127 Å². The van der Waals surface area contributed by atoms with Crippen molar-refractivity contribution in [1.29, 1.82) is 0 Å². The molecule has 0 atom stereocenters. The second kappa shape index (κ2) is 15.0. The predicted octanol–water partition coefficient (Wildman–Crippen LogP) is 16.4. The average molecular weight is 819 g/mol. The third kappa shape index (κ3) is 6.53. The number of para-hydroxylation sites is 1. The topological polar surface area (TPSA) is 38.9 Å². The van der Waals surface area contributed by atoms with E-state index >= 15 is 0 Å². The van der Waals surface area contributed by atoms with Crippen LogP contribution in [0.5, 0.6) is 0 Å². The van der Waals surface area contributed by atoms with Gasteiger partial charge in [0.1, 0.15) is 11.2 Å². The molecule has 2 aromatic heterocycles. The Balaban J connectivity index is 1.02. The van der Waals surface area contributed by atoms with E-state index in [1.165, 1.54) is 38.9 Å². The van der Waals surface area contributed by atoms with Gasteiger partial charge in [0.15, 0.2) is 5.82 Å². The molecule has 0 fully saturated rings. The lowest BCUT2D eigenvalue weighted by Crippen LogP contribution is -2.14. The molecule has 1 aliphatic carbocycles. The summed E-state index contributed by atoms with van der Waals surface area (Å²) in [6.07, 6.45) is 0. The fourth-order valence-electron chi connectivity index (χ4n) is 9.74. The van der Waals surface area contributed by atoms with E-state index in [0.29, 0.717) is 5.82 Å². The fourth-order valence-corrected chi connectivity index (χ4v) is 9.74. The Morgan fingerprint density at radius 1 is 0.312 bits per heavy atom. The molecular formula is C61H42N2O. The lowest BCUT2D eigenvalue weighted by atomic mass is 9.82. The van der Waals surface area contributed by atoms with Crippen LogP contribution in [-0.2, 0) is 5.41 Å². The highest BCUT2D eigenvalue weighted by Gasteiger charge is 2.35. The molecular weight excluding hydrogens is 777 g/mol. The van der Waals surface area contributed by atoms with Gasteiger partial charge in [0.05, 0.1) is 11.4 Å². The van der Waals surface area contributed by atoms with Gasteiger partial charge in [-0.15, -0.1) is 0 Å². The lowest BCUT2D eigenvalue weighted by molar-refractivity contribution is 0.660. The summed E-state index contributed by atoms with van der Waals surface area (Å²) < 4.78 is 6.26. The molecule has 0 N–H and O–H groups in total. The van der Waals surface area contributed by atoms with Crippen LogP contribution < -0.4 is 0 Å². The average Bonchev–Trinajstić information content (AvgIpc) is 3.85. The number of benzene rings is 9. The van der Waals surface area contributed by atoms with Crippen LogP contribution in [0.4, 0.5) is 0 Å². The molecule has 0 saturated carbocycles. The molecule has 3 nitrogen and oxygen atoms in total. The van der Waals surface area contributed by atoms with E-state index in [4.69, 9.17) is 14.4 Å². The quantitative estimate of drug-likeness (QED) is 0.161. The lowest BCUT2D eigenvalue weighted by Gasteiger charge is -2.21. The Kier molecular flexibility index (Phi) is 8.84. The minimum Gasteiger partial charge on any atom is -0.456 e. The van der Waals surface area contributed by atoms with Gasteiger partial charge in [0, 0.05) is 32.9 Å². The van der Waals surface area contributed by atoms with Crippen LogP contribution in [0.3, 0.4) is 0 Å². The van der Waals surface area contributed by atoms with Crippen molar-refractivity contribution in [3.05, 3.63) is 230 Å². The number of furan rings is 1. The Bertz CT molecular complexity index is 3580. The van der Waals surface area contributed by atoms with E-state index < -0.39 is 0 Å². The highest BCUT2D eigenvalue weighted by atomic mass is 16.3. The first-order chi connectivity index (χ1) is 31.4. The van der Waals surface area contributed by atoms with E-state index in [-0.39, 0.29) is 5.41 Å². The molecule has 0 spiro atoms. The van der Waals surface area contributed by atoms with Gasteiger partial charge in [0.25, 0.3) is 0 Å². The van der Waals surface area contributed by atoms with Gasteiger partial charge in [-0.1, -0.05) is 172 Å². The van der Waals surface area contributed by atoms with E-state index in [0.717, 1.165) is 77.8 Å². The van der Waals surface area contributed by atoms with Gasteiger partial charge in [0.2, 0.25) is 0 Å². The maximum Gasteiger partial charge on any atom is 0.160 e. The van der Waals surface area contributed by atoms with Crippen molar-refractivity contribution in [2.75, 3.05) is 0 Å². The maximum absolute atomic E-state index is 6.26. The summed E-state index contributed by atoms with van der Waals surface area (Å²) in [4.78, 5) is 10.6. The van der Waals surface area contributed by atoms with Gasteiger partial charge in [-0.3, -0.25) is 0 Å². The highest BCUT2D eigenvalue weighted by Crippen LogP contribution is 2.49. The van der Waals surface area contributed by atoms with Crippen LogP contribution >= 0.6 is 0 Å². The monoisotopic (exact) mass is 818 g/mol. The van der Waals surface area contributed by atoms with Gasteiger partial charge >= 0.3 is 0 Å². The second-order valence-corrected chi connectivity index (χ2v) is 17.4. The van der Waals surface area contributed by atoms with Crippen molar-refractivity contribution < 1.29 is 4.42 Å². The van der Waals surface area contributed by atoms with Crippen LogP contribution in [0.2, 0.25) is 0 Å². The van der Waals surface area contributed by atoms with Crippen LogP contribution in [0.15, 0.2) is 223 Å². The van der Waals surface area contributed by atoms with Gasteiger partial charge < -0.3 is 4.42 Å². The Morgan fingerprint density at radius 3 is 1.59 bits per heavy atom. The molecule has 0 amide bonds.